The molecule has 1 heterocycles. The van der Waals surface area contributed by atoms with E-state index in [1.807, 2.05) is 20.8 Å². The lowest BCUT2D eigenvalue weighted by molar-refractivity contribution is -0.141. The molecule has 0 bridgehead atoms. The molecule has 2 fully saturated rings. The molecule has 0 spiro atoms. The number of nitrogens with zero attached hydrogens (tertiary/aromatic N) is 1. The van der Waals surface area contributed by atoms with Gasteiger partial charge in [-0.3, -0.25) is 4.79 Å². The third kappa shape index (κ3) is 3.64. The second-order valence-electron chi connectivity index (χ2n) is 7.17. The molecule has 5 heteroatoms. The van der Waals surface area contributed by atoms with E-state index >= 15 is 0 Å². The minimum Gasteiger partial charge on any atom is -0.481 e. The Kier molecular flexibility index (Phi) is 3.98. The van der Waals surface area contributed by atoms with Gasteiger partial charge in [-0.15, -0.1) is 0 Å². The fourth-order valence-electron chi connectivity index (χ4n) is 3.19. The van der Waals surface area contributed by atoms with Crippen LogP contribution in [0.15, 0.2) is 0 Å². The van der Waals surface area contributed by atoms with Gasteiger partial charge in [0.2, 0.25) is 0 Å². The maximum absolute atomic E-state index is 12.0. The van der Waals surface area contributed by atoms with Crippen molar-refractivity contribution < 1.29 is 19.4 Å². The molecule has 20 heavy (non-hydrogen) atoms. The van der Waals surface area contributed by atoms with Gasteiger partial charge >= 0.3 is 12.1 Å². The second kappa shape index (κ2) is 5.26. The highest BCUT2D eigenvalue weighted by atomic mass is 16.6. The van der Waals surface area contributed by atoms with Gasteiger partial charge in [-0.05, 0) is 57.8 Å². The summed E-state index contributed by atoms with van der Waals surface area (Å²) in [5.74, 6) is -0.179. The van der Waals surface area contributed by atoms with Crippen molar-refractivity contribution in [1.29, 1.82) is 0 Å². The van der Waals surface area contributed by atoms with Crippen LogP contribution in [0.4, 0.5) is 4.79 Å². The Morgan fingerprint density at radius 2 is 1.80 bits per heavy atom. The summed E-state index contributed by atoms with van der Waals surface area (Å²) in [6.45, 7) is 6.78. The molecule has 0 aromatic heterocycles. The highest BCUT2D eigenvalue weighted by Gasteiger charge is 2.48. The normalized spacial score (nSPS) is 22.4. The fraction of sp³-hybridized carbons (Fsp3) is 0.867. The van der Waals surface area contributed by atoms with Crippen LogP contribution in [0.1, 0.15) is 52.9 Å². The summed E-state index contributed by atoms with van der Waals surface area (Å²) in [6, 6.07) is 0. The quantitative estimate of drug-likeness (QED) is 0.864. The van der Waals surface area contributed by atoms with Crippen LogP contribution in [0, 0.1) is 11.3 Å². The van der Waals surface area contributed by atoms with E-state index in [9.17, 15) is 9.59 Å². The Bertz CT molecular complexity index is 387. The molecular weight excluding hydrogens is 258 g/mol. The van der Waals surface area contributed by atoms with Crippen LogP contribution >= 0.6 is 0 Å². The summed E-state index contributed by atoms with van der Waals surface area (Å²) < 4.78 is 5.37. The maximum atomic E-state index is 12.0. The van der Waals surface area contributed by atoms with Gasteiger partial charge in [0.15, 0.2) is 0 Å². The second-order valence-corrected chi connectivity index (χ2v) is 7.17. The van der Waals surface area contributed by atoms with Crippen molar-refractivity contribution in [2.24, 2.45) is 11.3 Å². The third-order valence-electron chi connectivity index (χ3n) is 4.36. The van der Waals surface area contributed by atoms with E-state index in [1.54, 1.807) is 4.90 Å². The topological polar surface area (TPSA) is 66.8 Å². The van der Waals surface area contributed by atoms with Gasteiger partial charge in [0.05, 0.1) is 6.42 Å². The van der Waals surface area contributed by atoms with E-state index in [-0.39, 0.29) is 17.9 Å². The number of carboxylic acids is 1. The monoisotopic (exact) mass is 283 g/mol. The molecule has 2 rings (SSSR count). The Balaban J connectivity index is 1.93. The van der Waals surface area contributed by atoms with Crippen LogP contribution in [-0.4, -0.2) is 40.8 Å². The van der Waals surface area contributed by atoms with E-state index in [2.05, 4.69) is 0 Å². The number of amides is 1. The number of carbonyl (C=O) groups excluding carboxylic acids is 1. The van der Waals surface area contributed by atoms with E-state index in [0.717, 1.165) is 25.7 Å². The zero-order chi connectivity index (χ0) is 15.0. The molecule has 114 valence electrons. The predicted octanol–water partition coefficient (Wildman–Crippen LogP) is 2.89. The van der Waals surface area contributed by atoms with Crippen molar-refractivity contribution in [3.63, 3.8) is 0 Å². The molecule has 1 amide bonds. The number of ether oxygens (including phenoxy) is 1. The zero-order valence-corrected chi connectivity index (χ0v) is 12.6. The lowest BCUT2D eigenvalue weighted by Gasteiger charge is -2.41. The Morgan fingerprint density at radius 3 is 2.20 bits per heavy atom. The lowest BCUT2D eigenvalue weighted by atomic mass is 9.71. The molecule has 1 saturated heterocycles. The van der Waals surface area contributed by atoms with Crippen molar-refractivity contribution in [2.45, 2.75) is 58.5 Å². The van der Waals surface area contributed by atoms with Gasteiger partial charge in [0, 0.05) is 13.1 Å². The van der Waals surface area contributed by atoms with Crippen molar-refractivity contribution in [2.75, 3.05) is 13.1 Å². The van der Waals surface area contributed by atoms with Crippen molar-refractivity contribution >= 4 is 12.1 Å². The number of rotatable bonds is 3. The Morgan fingerprint density at radius 1 is 1.25 bits per heavy atom. The molecular formula is C15H25NO4. The number of aliphatic carboxylic acids is 1. The number of carboxylic acid groups (broad SMARTS) is 1. The Hall–Kier alpha value is -1.26. The van der Waals surface area contributed by atoms with E-state index in [0.29, 0.717) is 19.0 Å². The van der Waals surface area contributed by atoms with Crippen LogP contribution in [0.5, 0.6) is 0 Å². The smallest absolute Gasteiger partial charge is 0.410 e. The molecule has 1 aliphatic heterocycles. The first-order chi connectivity index (χ1) is 9.22. The van der Waals surface area contributed by atoms with Gasteiger partial charge in [-0.25, -0.2) is 4.79 Å². The van der Waals surface area contributed by atoms with Crippen LogP contribution in [0.25, 0.3) is 0 Å². The summed E-state index contributed by atoms with van der Waals surface area (Å²) in [5.41, 5.74) is -0.576. The first-order valence-electron chi connectivity index (χ1n) is 7.42. The van der Waals surface area contributed by atoms with Gasteiger partial charge in [-0.1, -0.05) is 0 Å². The molecule has 1 aliphatic carbocycles. The largest absolute Gasteiger partial charge is 0.481 e. The molecule has 0 unspecified atom stereocenters. The SMILES string of the molecule is CC(C)(C)OC(=O)N1CCC(CC(=O)O)(C2CC2)CC1. The average Bonchev–Trinajstić information content (AvgIpc) is 3.10. The minimum absolute atomic E-state index is 0.0929. The standard InChI is InChI=1S/C15H25NO4/c1-14(2,3)20-13(19)16-8-6-15(7-9-16,10-12(17)18)11-4-5-11/h11H,4-10H2,1-3H3,(H,17,18). The zero-order valence-electron chi connectivity index (χ0n) is 12.6. The van der Waals surface area contributed by atoms with Gasteiger partial charge in [0.25, 0.3) is 0 Å². The van der Waals surface area contributed by atoms with Crippen molar-refractivity contribution in [1.82, 2.24) is 4.90 Å². The molecule has 0 aromatic carbocycles. The van der Waals surface area contributed by atoms with Gasteiger partial charge < -0.3 is 14.7 Å². The van der Waals surface area contributed by atoms with Crippen LogP contribution < -0.4 is 0 Å². The van der Waals surface area contributed by atoms with Crippen molar-refractivity contribution in [3.05, 3.63) is 0 Å². The lowest BCUT2D eigenvalue weighted by Crippen LogP contribution is -2.46. The van der Waals surface area contributed by atoms with Gasteiger partial charge in [0.1, 0.15) is 5.60 Å². The highest BCUT2D eigenvalue weighted by molar-refractivity contribution is 5.69. The highest BCUT2D eigenvalue weighted by Crippen LogP contribution is 2.53. The summed E-state index contributed by atoms with van der Waals surface area (Å²) in [5, 5.41) is 9.13. The molecule has 0 radical (unpaired) electrons. The number of likely N-dealkylation sites (tertiary alicyclic amines) is 1. The molecule has 0 atom stereocenters. The minimum atomic E-state index is -0.720. The predicted molar refractivity (Wildman–Crippen MR) is 74.5 cm³/mol. The van der Waals surface area contributed by atoms with E-state index in [1.165, 1.54) is 0 Å². The molecule has 1 N–H and O–H groups in total. The van der Waals surface area contributed by atoms with E-state index in [4.69, 9.17) is 9.84 Å². The molecule has 0 aromatic rings. The Labute approximate surface area is 120 Å². The van der Waals surface area contributed by atoms with Crippen molar-refractivity contribution in [3.8, 4) is 0 Å². The van der Waals surface area contributed by atoms with Crippen LogP contribution in [0.2, 0.25) is 0 Å². The summed E-state index contributed by atoms with van der Waals surface area (Å²) in [4.78, 5) is 24.8. The number of carbonyl (C=O) groups is 2. The number of hydrogen-bond donors (Lipinski definition) is 1. The number of hydrogen-bond acceptors (Lipinski definition) is 3. The first-order valence-corrected chi connectivity index (χ1v) is 7.42. The summed E-state index contributed by atoms with van der Waals surface area (Å²) in [7, 11) is 0. The average molecular weight is 283 g/mol. The van der Waals surface area contributed by atoms with Gasteiger partial charge in [-0.2, -0.15) is 0 Å². The summed E-state index contributed by atoms with van der Waals surface area (Å²) >= 11 is 0. The molecule has 2 aliphatic rings. The molecule has 5 nitrogen and oxygen atoms in total. The number of piperidine rings is 1. The van der Waals surface area contributed by atoms with Crippen LogP contribution in [0.3, 0.4) is 0 Å². The summed E-state index contributed by atoms with van der Waals surface area (Å²) in [6.07, 6.45) is 3.79. The fourth-order valence-corrected chi connectivity index (χ4v) is 3.19. The molecule has 1 saturated carbocycles. The third-order valence-corrected chi connectivity index (χ3v) is 4.36. The van der Waals surface area contributed by atoms with E-state index < -0.39 is 11.6 Å². The maximum Gasteiger partial charge on any atom is 0.410 e. The first kappa shape index (κ1) is 15.1. The van der Waals surface area contributed by atoms with Crippen LogP contribution in [-0.2, 0) is 9.53 Å².